The highest BCUT2D eigenvalue weighted by Crippen LogP contribution is 2.25. The second-order valence-electron chi connectivity index (χ2n) is 5.01. The lowest BCUT2D eigenvalue weighted by Gasteiger charge is -2.08. The maximum Gasteiger partial charge on any atom is 0.244 e. The maximum atomic E-state index is 11.7. The smallest absolute Gasteiger partial charge is 0.244 e. The summed E-state index contributed by atoms with van der Waals surface area (Å²) in [6, 6.07) is 5.45. The first kappa shape index (κ1) is 18.0. The Labute approximate surface area is 132 Å². The highest BCUT2D eigenvalue weighted by molar-refractivity contribution is 5.92. The number of carbonyl (C=O) groups is 1. The number of amides is 1. The van der Waals surface area contributed by atoms with Crippen LogP contribution in [0.2, 0.25) is 0 Å². The van der Waals surface area contributed by atoms with E-state index < -0.39 is 0 Å². The number of ether oxygens (including phenoxy) is 3. The van der Waals surface area contributed by atoms with Crippen molar-refractivity contribution < 1.29 is 19.0 Å². The lowest BCUT2D eigenvalue weighted by molar-refractivity contribution is -0.116. The molecule has 0 spiro atoms. The van der Waals surface area contributed by atoms with Gasteiger partial charge in [0.05, 0.1) is 20.3 Å². The number of benzene rings is 1. The molecule has 0 atom stereocenters. The van der Waals surface area contributed by atoms with Crippen LogP contribution in [0.15, 0.2) is 24.3 Å². The molecule has 0 aromatic heterocycles. The van der Waals surface area contributed by atoms with E-state index in [1.165, 1.54) is 6.08 Å². The summed E-state index contributed by atoms with van der Waals surface area (Å²) in [6.45, 7) is 5.22. The van der Waals surface area contributed by atoms with Crippen molar-refractivity contribution in [1.82, 2.24) is 5.32 Å². The van der Waals surface area contributed by atoms with Gasteiger partial charge in [0.15, 0.2) is 0 Å². The molecule has 0 heterocycles. The predicted molar refractivity (Wildman–Crippen MR) is 87.3 cm³/mol. The summed E-state index contributed by atoms with van der Waals surface area (Å²) in [5, 5.41) is 2.82. The number of nitrogens with one attached hydrogen (secondary N) is 1. The minimum Gasteiger partial charge on any atom is -0.497 e. The quantitative estimate of drug-likeness (QED) is 0.563. The van der Waals surface area contributed by atoms with Gasteiger partial charge in [-0.2, -0.15) is 0 Å². The van der Waals surface area contributed by atoms with Crippen LogP contribution < -0.4 is 14.8 Å². The molecule has 0 aliphatic rings. The molecule has 0 saturated carbocycles. The Kier molecular flexibility index (Phi) is 8.07. The van der Waals surface area contributed by atoms with Gasteiger partial charge in [-0.25, -0.2) is 0 Å². The lowest BCUT2D eigenvalue weighted by atomic mass is 10.1. The monoisotopic (exact) mass is 307 g/mol. The molecule has 0 radical (unpaired) electrons. The standard InChI is InChI=1S/C17H25NO4/c1-13(2)22-11-5-10-18-17(19)9-7-14-6-8-15(20-3)12-16(14)21-4/h6-9,12-13H,5,10-11H2,1-4H3,(H,18,19)/b9-7+. The Morgan fingerprint density at radius 2 is 2.05 bits per heavy atom. The Morgan fingerprint density at radius 3 is 2.68 bits per heavy atom. The van der Waals surface area contributed by atoms with Gasteiger partial charge < -0.3 is 19.5 Å². The van der Waals surface area contributed by atoms with Crippen LogP contribution in [-0.4, -0.2) is 39.4 Å². The number of rotatable bonds is 9. The molecule has 0 aliphatic heterocycles. The van der Waals surface area contributed by atoms with Crippen molar-refractivity contribution in [3.8, 4) is 11.5 Å². The summed E-state index contributed by atoms with van der Waals surface area (Å²) in [7, 11) is 3.18. The van der Waals surface area contributed by atoms with Crippen molar-refractivity contribution >= 4 is 12.0 Å². The van der Waals surface area contributed by atoms with Gasteiger partial charge in [0.2, 0.25) is 5.91 Å². The third-order valence-corrected chi connectivity index (χ3v) is 2.93. The second-order valence-corrected chi connectivity index (χ2v) is 5.01. The third-order valence-electron chi connectivity index (χ3n) is 2.93. The van der Waals surface area contributed by atoms with Gasteiger partial charge in [0.1, 0.15) is 11.5 Å². The van der Waals surface area contributed by atoms with Crippen molar-refractivity contribution in [2.24, 2.45) is 0 Å². The van der Waals surface area contributed by atoms with Gasteiger partial charge in [-0.1, -0.05) is 0 Å². The van der Waals surface area contributed by atoms with Crippen LogP contribution in [0.5, 0.6) is 11.5 Å². The molecule has 1 N–H and O–H groups in total. The molecule has 122 valence electrons. The fraction of sp³-hybridized carbons (Fsp3) is 0.471. The van der Waals surface area contributed by atoms with Crippen LogP contribution in [-0.2, 0) is 9.53 Å². The van der Waals surface area contributed by atoms with E-state index in [9.17, 15) is 4.79 Å². The summed E-state index contributed by atoms with van der Waals surface area (Å²) in [6.07, 6.45) is 4.23. The Hall–Kier alpha value is -2.01. The molecule has 0 saturated heterocycles. The normalized spacial score (nSPS) is 11.0. The molecule has 0 unspecified atom stereocenters. The first-order valence-corrected chi connectivity index (χ1v) is 7.36. The van der Waals surface area contributed by atoms with Crippen molar-refractivity contribution in [2.45, 2.75) is 26.4 Å². The molecule has 1 aromatic carbocycles. The zero-order chi connectivity index (χ0) is 16.4. The highest BCUT2D eigenvalue weighted by Gasteiger charge is 2.03. The molecule has 5 nitrogen and oxygen atoms in total. The first-order valence-electron chi connectivity index (χ1n) is 7.36. The Balaban J connectivity index is 2.45. The molecule has 0 fully saturated rings. The van der Waals surface area contributed by atoms with Crippen molar-refractivity contribution in [1.29, 1.82) is 0 Å². The summed E-state index contributed by atoms with van der Waals surface area (Å²) >= 11 is 0. The van der Waals surface area contributed by atoms with Crippen LogP contribution >= 0.6 is 0 Å². The van der Waals surface area contributed by atoms with E-state index in [0.29, 0.717) is 24.7 Å². The molecule has 0 bridgehead atoms. The summed E-state index contributed by atoms with van der Waals surface area (Å²) in [5.41, 5.74) is 0.821. The van der Waals surface area contributed by atoms with Crippen molar-refractivity contribution in [3.05, 3.63) is 29.8 Å². The average molecular weight is 307 g/mol. The Morgan fingerprint density at radius 1 is 1.27 bits per heavy atom. The maximum absolute atomic E-state index is 11.7. The molecular formula is C17H25NO4. The summed E-state index contributed by atoms with van der Waals surface area (Å²) < 4.78 is 15.8. The molecule has 0 aliphatic carbocycles. The highest BCUT2D eigenvalue weighted by atomic mass is 16.5. The van der Waals surface area contributed by atoms with Gasteiger partial charge in [0, 0.05) is 30.9 Å². The molecule has 1 aromatic rings. The van der Waals surface area contributed by atoms with Crippen molar-refractivity contribution in [3.63, 3.8) is 0 Å². The number of methoxy groups -OCH3 is 2. The summed E-state index contributed by atoms with van der Waals surface area (Å²) in [4.78, 5) is 11.7. The third kappa shape index (κ3) is 6.63. The zero-order valence-electron chi connectivity index (χ0n) is 13.7. The zero-order valence-corrected chi connectivity index (χ0v) is 13.7. The minimum absolute atomic E-state index is 0.137. The van der Waals surface area contributed by atoms with Gasteiger partial charge in [-0.3, -0.25) is 4.79 Å². The lowest BCUT2D eigenvalue weighted by Crippen LogP contribution is -2.23. The molecular weight excluding hydrogens is 282 g/mol. The van der Waals surface area contributed by atoms with E-state index in [1.807, 2.05) is 26.0 Å². The fourth-order valence-corrected chi connectivity index (χ4v) is 1.78. The topological polar surface area (TPSA) is 56.8 Å². The van der Waals surface area contributed by atoms with E-state index in [-0.39, 0.29) is 12.0 Å². The van der Waals surface area contributed by atoms with E-state index >= 15 is 0 Å². The largest absolute Gasteiger partial charge is 0.497 e. The van der Waals surface area contributed by atoms with Crippen molar-refractivity contribution in [2.75, 3.05) is 27.4 Å². The van der Waals surface area contributed by atoms with Gasteiger partial charge in [-0.15, -0.1) is 0 Å². The molecule has 22 heavy (non-hydrogen) atoms. The van der Waals surface area contributed by atoms with Crippen LogP contribution in [0.1, 0.15) is 25.8 Å². The first-order chi connectivity index (χ1) is 10.6. The average Bonchev–Trinajstić information content (AvgIpc) is 2.52. The van der Waals surface area contributed by atoms with E-state index in [2.05, 4.69) is 5.32 Å². The minimum atomic E-state index is -0.137. The van der Waals surface area contributed by atoms with Gasteiger partial charge in [-0.05, 0) is 38.5 Å². The number of hydrogen-bond acceptors (Lipinski definition) is 4. The Bertz CT molecular complexity index is 497. The van der Waals surface area contributed by atoms with Crippen LogP contribution in [0.25, 0.3) is 6.08 Å². The fourth-order valence-electron chi connectivity index (χ4n) is 1.78. The molecule has 1 amide bonds. The number of carbonyl (C=O) groups excluding carboxylic acids is 1. The molecule has 1 rings (SSSR count). The van der Waals surface area contributed by atoms with E-state index in [0.717, 1.165) is 12.0 Å². The van der Waals surface area contributed by atoms with Crippen LogP contribution in [0, 0.1) is 0 Å². The number of hydrogen-bond donors (Lipinski definition) is 1. The summed E-state index contributed by atoms with van der Waals surface area (Å²) in [5.74, 6) is 1.24. The van der Waals surface area contributed by atoms with Crippen LogP contribution in [0.3, 0.4) is 0 Å². The van der Waals surface area contributed by atoms with E-state index in [1.54, 1.807) is 26.4 Å². The van der Waals surface area contributed by atoms with E-state index in [4.69, 9.17) is 14.2 Å². The predicted octanol–water partition coefficient (Wildman–Crippen LogP) is 2.65. The van der Waals surface area contributed by atoms with Gasteiger partial charge >= 0.3 is 0 Å². The van der Waals surface area contributed by atoms with Gasteiger partial charge in [0.25, 0.3) is 0 Å². The SMILES string of the molecule is COc1ccc(/C=C/C(=O)NCCCOC(C)C)c(OC)c1. The van der Waals surface area contributed by atoms with Crippen LogP contribution in [0.4, 0.5) is 0 Å². The molecule has 5 heteroatoms. The second kappa shape index (κ2) is 9.84.